The Kier molecular flexibility index (Phi) is 3.67. The summed E-state index contributed by atoms with van der Waals surface area (Å²) in [7, 11) is 1.73. The van der Waals surface area contributed by atoms with Crippen molar-refractivity contribution < 1.29 is 9.53 Å². The molecule has 0 spiro atoms. The highest BCUT2D eigenvalue weighted by molar-refractivity contribution is 9.10. The van der Waals surface area contributed by atoms with Crippen LogP contribution in [-0.2, 0) is 11.8 Å². The van der Waals surface area contributed by atoms with Gasteiger partial charge in [-0.05, 0) is 36.7 Å². The lowest BCUT2D eigenvalue weighted by Gasteiger charge is -2.18. The van der Waals surface area contributed by atoms with E-state index in [0.29, 0.717) is 10.2 Å². The summed E-state index contributed by atoms with van der Waals surface area (Å²) in [5.41, 5.74) is 0.236. The van der Waals surface area contributed by atoms with Gasteiger partial charge < -0.3 is 4.74 Å². The normalized spacial score (nSPS) is 11.8. The highest BCUT2D eigenvalue weighted by atomic mass is 79.9. The number of ketones is 1. The number of rotatable bonds is 3. The summed E-state index contributed by atoms with van der Waals surface area (Å²) in [5.74, 6) is -0.0724. The van der Waals surface area contributed by atoms with Gasteiger partial charge in [0.25, 0.3) is 0 Å². The van der Waals surface area contributed by atoms with Crippen molar-refractivity contribution in [2.45, 2.75) is 26.4 Å². The third-order valence-electron chi connectivity index (χ3n) is 1.79. The van der Waals surface area contributed by atoms with Gasteiger partial charge in [-0.1, -0.05) is 0 Å². The molecule has 0 amide bonds. The first-order valence-electron chi connectivity index (χ1n) is 4.66. The molecule has 0 aliphatic carbocycles. The minimum Gasteiger partial charge on any atom is -0.368 e. The molecule has 1 rings (SSSR count). The van der Waals surface area contributed by atoms with Crippen molar-refractivity contribution in [2.75, 3.05) is 6.61 Å². The van der Waals surface area contributed by atoms with E-state index in [0.717, 1.165) is 0 Å². The molecule has 0 fully saturated rings. The van der Waals surface area contributed by atoms with E-state index in [4.69, 9.17) is 4.74 Å². The van der Waals surface area contributed by atoms with E-state index >= 15 is 0 Å². The number of hydrogen-bond acceptors (Lipinski definition) is 3. The topological polar surface area (TPSA) is 44.1 Å². The fourth-order valence-electron chi connectivity index (χ4n) is 1.07. The smallest absolute Gasteiger partial charge is 0.207 e. The lowest BCUT2D eigenvalue weighted by atomic mass is 10.2. The fraction of sp³-hybridized carbons (Fsp3) is 0.600. The van der Waals surface area contributed by atoms with E-state index in [1.54, 1.807) is 17.9 Å². The Morgan fingerprint density at radius 2 is 2.20 bits per heavy atom. The molecule has 84 valence electrons. The van der Waals surface area contributed by atoms with Gasteiger partial charge in [0, 0.05) is 7.05 Å². The van der Waals surface area contributed by atoms with Gasteiger partial charge in [0.2, 0.25) is 5.78 Å². The number of carbonyl (C=O) groups is 1. The van der Waals surface area contributed by atoms with Crippen LogP contribution in [0.2, 0.25) is 0 Å². The van der Waals surface area contributed by atoms with Crippen molar-refractivity contribution in [3.63, 3.8) is 0 Å². The van der Waals surface area contributed by atoms with Crippen molar-refractivity contribution >= 4 is 21.7 Å². The molecule has 1 aromatic heterocycles. The average molecular weight is 275 g/mol. The highest BCUT2D eigenvalue weighted by Crippen LogP contribution is 2.16. The average Bonchev–Trinajstić information content (AvgIpc) is 2.41. The zero-order valence-corrected chi connectivity index (χ0v) is 11.0. The van der Waals surface area contributed by atoms with Gasteiger partial charge in [-0.3, -0.25) is 9.48 Å². The fourth-order valence-corrected chi connectivity index (χ4v) is 1.64. The number of aromatic nitrogens is 2. The number of ether oxygens (including phenoxy) is 1. The number of Topliss-reactive ketones (excluding diaryl/α,β-unsaturated/α-hetero) is 1. The second-order valence-corrected chi connectivity index (χ2v) is 5.14. The van der Waals surface area contributed by atoms with Gasteiger partial charge in [0.15, 0.2) is 0 Å². The van der Waals surface area contributed by atoms with Crippen LogP contribution in [0.1, 0.15) is 31.3 Å². The van der Waals surface area contributed by atoms with Crippen molar-refractivity contribution in [3.05, 3.63) is 16.4 Å². The maximum atomic E-state index is 11.8. The summed E-state index contributed by atoms with van der Waals surface area (Å²) in [6, 6.07) is 0. The predicted molar refractivity (Wildman–Crippen MR) is 60.9 cm³/mol. The summed E-state index contributed by atoms with van der Waals surface area (Å²) >= 11 is 3.28. The van der Waals surface area contributed by atoms with Crippen LogP contribution in [0.15, 0.2) is 10.7 Å². The maximum Gasteiger partial charge on any atom is 0.207 e. The van der Waals surface area contributed by atoms with Crippen LogP contribution in [0.3, 0.4) is 0 Å². The number of carbonyl (C=O) groups excluding carboxylic acids is 1. The molecule has 0 N–H and O–H groups in total. The molecule has 0 aliphatic heterocycles. The van der Waals surface area contributed by atoms with Crippen molar-refractivity contribution in [3.8, 4) is 0 Å². The summed E-state index contributed by atoms with van der Waals surface area (Å²) < 4.78 is 7.65. The predicted octanol–water partition coefficient (Wildman–Crippen LogP) is 2.18. The summed E-state index contributed by atoms with van der Waals surface area (Å²) in [6.45, 7) is 5.82. The Hall–Kier alpha value is -0.680. The molecular formula is C10H15BrN2O2. The molecule has 4 nitrogen and oxygen atoms in total. The molecule has 0 radical (unpaired) electrons. The van der Waals surface area contributed by atoms with Gasteiger partial charge in [-0.2, -0.15) is 5.10 Å². The number of aryl methyl sites for hydroxylation is 1. The Morgan fingerprint density at radius 3 is 2.60 bits per heavy atom. The second kappa shape index (κ2) is 4.45. The highest BCUT2D eigenvalue weighted by Gasteiger charge is 2.18. The van der Waals surface area contributed by atoms with Crippen LogP contribution in [0.4, 0.5) is 0 Å². The lowest BCUT2D eigenvalue weighted by Crippen LogP contribution is -2.24. The Labute approximate surface area is 97.7 Å². The van der Waals surface area contributed by atoms with Crippen LogP contribution in [0.5, 0.6) is 0 Å². The van der Waals surface area contributed by atoms with E-state index in [1.165, 1.54) is 0 Å². The van der Waals surface area contributed by atoms with Crippen LogP contribution >= 0.6 is 15.9 Å². The van der Waals surface area contributed by atoms with E-state index < -0.39 is 0 Å². The first-order chi connectivity index (χ1) is 6.81. The molecule has 0 saturated carbocycles. The Morgan fingerprint density at radius 1 is 1.60 bits per heavy atom. The van der Waals surface area contributed by atoms with E-state index in [9.17, 15) is 4.79 Å². The molecule has 0 aliphatic rings. The zero-order chi connectivity index (χ0) is 11.6. The monoisotopic (exact) mass is 274 g/mol. The van der Waals surface area contributed by atoms with Crippen LogP contribution in [0.25, 0.3) is 0 Å². The SMILES string of the molecule is Cn1ncc(Br)c1C(=O)COC(C)(C)C. The van der Waals surface area contributed by atoms with Crippen LogP contribution < -0.4 is 0 Å². The lowest BCUT2D eigenvalue weighted by molar-refractivity contribution is 0.00265. The molecule has 0 aromatic carbocycles. The standard InChI is InChI=1S/C10H15BrN2O2/c1-10(2,3)15-6-8(14)9-7(11)5-12-13(9)4/h5H,6H2,1-4H3. The first kappa shape index (κ1) is 12.4. The number of halogens is 1. The third-order valence-corrected chi connectivity index (χ3v) is 2.37. The van der Waals surface area contributed by atoms with Gasteiger partial charge in [-0.15, -0.1) is 0 Å². The number of hydrogen-bond donors (Lipinski definition) is 0. The Balaban J connectivity index is 2.70. The van der Waals surface area contributed by atoms with Gasteiger partial charge in [0.1, 0.15) is 12.3 Å². The zero-order valence-electron chi connectivity index (χ0n) is 9.37. The second-order valence-electron chi connectivity index (χ2n) is 4.29. The third kappa shape index (κ3) is 3.43. The van der Waals surface area contributed by atoms with Crippen molar-refractivity contribution in [1.82, 2.24) is 9.78 Å². The molecule has 0 bridgehead atoms. The van der Waals surface area contributed by atoms with Gasteiger partial charge in [0.05, 0.1) is 16.3 Å². The largest absolute Gasteiger partial charge is 0.368 e. The van der Waals surface area contributed by atoms with E-state index in [-0.39, 0.29) is 18.0 Å². The molecule has 0 atom stereocenters. The van der Waals surface area contributed by atoms with Crippen molar-refractivity contribution in [1.29, 1.82) is 0 Å². The molecule has 1 aromatic rings. The molecule has 5 heteroatoms. The van der Waals surface area contributed by atoms with E-state index in [1.807, 2.05) is 20.8 Å². The minimum atomic E-state index is -0.305. The minimum absolute atomic E-state index is 0.0711. The van der Waals surface area contributed by atoms with Crippen LogP contribution in [0, 0.1) is 0 Å². The molecule has 1 heterocycles. The van der Waals surface area contributed by atoms with Crippen molar-refractivity contribution in [2.24, 2.45) is 7.05 Å². The van der Waals surface area contributed by atoms with Crippen LogP contribution in [-0.4, -0.2) is 27.8 Å². The number of nitrogens with zero attached hydrogens (tertiary/aromatic N) is 2. The first-order valence-corrected chi connectivity index (χ1v) is 5.45. The molecule has 0 saturated heterocycles. The van der Waals surface area contributed by atoms with Gasteiger partial charge >= 0.3 is 0 Å². The quantitative estimate of drug-likeness (QED) is 0.794. The Bertz CT molecular complexity index is 346. The molecule has 0 unspecified atom stereocenters. The summed E-state index contributed by atoms with van der Waals surface area (Å²) in [4.78, 5) is 11.8. The van der Waals surface area contributed by atoms with E-state index in [2.05, 4.69) is 21.0 Å². The molecule has 15 heavy (non-hydrogen) atoms. The molecular weight excluding hydrogens is 260 g/mol. The summed E-state index contributed by atoms with van der Waals surface area (Å²) in [6.07, 6.45) is 1.60. The van der Waals surface area contributed by atoms with Gasteiger partial charge in [-0.25, -0.2) is 0 Å². The summed E-state index contributed by atoms with van der Waals surface area (Å²) in [5, 5.41) is 3.98. The maximum absolute atomic E-state index is 11.8.